The highest BCUT2D eigenvalue weighted by atomic mass is 15.0. The van der Waals surface area contributed by atoms with Gasteiger partial charge in [-0.1, -0.05) is 48.5 Å². The molecule has 1 atom stereocenters. The summed E-state index contributed by atoms with van der Waals surface area (Å²) in [4.78, 5) is 0. The van der Waals surface area contributed by atoms with Crippen molar-refractivity contribution in [1.29, 1.82) is 0 Å². The number of hydrogen-bond acceptors (Lipinski definition) is 2. The van der Waals surface area contributed by atoms with Gasteiger partial charge in [-0.15, -0.1) is 0 Å². The molecule has 0 aromatic heterocycles. The highest BCUT2D eigenvalue weighted by molar-refractivity contribution is 5.17. The number of nitrogens with one attached hydrogen (secondary N) is 1. The van der Waals surface area contributed by atoms with E-state index in [-0.39, 0.29) is 0 Å². The Morgan fingerprint density at radius 3 is 1.88 bits per heavy atom. The summed E-state index contributed by atoms with van der Waals surface area (Å²) in [5.41, 5.74) is 7.11. The van der Waals surface area contributed by atoms with Gasteiger partial charge in [0.2, 0.25) is 0 Å². The molecule has 0 radical (unpaired) electrons. The van der Waals surface area contributed by atoms with Crippen LogP contribution in [0.2, 0.25) is 0 Å². The Morgan fingerprint density at radius 1 is 1.12 bits per heavy atom. The lowest BCUT2D eigenvalue weighted by atomic mass is 9.84. The number of hydrogen-bond donors (Lipinski definition) is 2. The SMILES string of the molecule is CC(C)(C)CC(CN)CNC1C(C)(C)C1(C)C. The van der Waals surface area contributed by atoms with E-state index in [0.29, 0.717) is 28.2 Å². The molecule has 2 nitrogen and oxygen atoms in total. The normalized spacial score (nSPS) is 24.7. The molecular formula is C15H32N2. The molecule has 0 amide bonds. The molecule has 2 heteroatoms. The average Bonchev–Trinajstić information content (AvgIpc) is 2.51. The second-order valence-corrected chi connectivity index (χ2v) is 8.15. The van der Waals surface area contributed by atoms with Crippen LogP contribution in [0, 0.1) is 22.2 Å². The van der Waals surface area contributed by atoms with E-state index in [1.54, 1.807) is 0 Å². The quantitative estimate of drug-likeness (QED) is 0.775. The lowest BCUT2D eigenvalue weighted by Crippen LogP contribution is -2.34. The van der Waals surface area contributed by atoms with Crippen LogP contribution in [0.5, 0.6) is 0 Å². The van der Waals surface area contributed by atoms with Crippen LogP contribution in [0.4, 0.5) is 0 Å². The van der Waals surface area contributed by atoms with Crippen molar-refractivity contribution in [3.05, 3.63) is 0 Å². The molecule has 1 rings (SSSR count). The van der Waals surface area contributed by atoms with Crippen LogP contribution in [-0.2, 0) is 0 Å². The fourth-order valence-electron chi connectivity index (χ4n) is 3.10. The summed E-state index contributed by atoms with van der Waals surface area (Å²) in [5.74, 6) is 0.599. The molecule has 3 N–H and O–H groups in total. The van der Waals surface area contributed by atoms with Crippen molar-refractivity contribution >= 4 is 0 Å². The molecule has 0 heterocycles. The lowest BCUT2D eigenvalue weighted by Gasteiger charge is -2.25. The van der Waals surface area contributed by atoms with Crippen LogP contribution in [0.15, 0.2) is 0 Å². The maximum absolute atomic E-state index is 5.88. The van der Waals surface area contributed by atoms with Gasteiger partial charge in [0.25, 0.3) is 0 Å². The smallest absolute Gasteiger partial charge is 0.0181 e. The summed E-state index contributed by atoms with van der Waals surface area (Å²) in [6.07, 6.45) is 1.20. The third-order valence-corrected chi connectivity index (χ3v) is 4.87. The second-order valence-electron chi connectivity index (χ2n) is 8.15. The van der Waals surface area contributed by atoms with Crippen molar-refractivity contribution in [2.45, 2.75) is 60.9 Å². The Balaban J connectivity index is 2.41. The molecule has 0 aromatic rings. The molecule has 0 bridgehead atoms. The van der Waals surface area contributed by atoms with Crippen LogP contribution in [0.25, 0.3) is 0 Å². The van der Waals surface area contributed by atoms with Gasteiger partial charge in [0.15, 0.2) is 0 Å². The molecule has 1 aliphatic rings. The van der Waals surface area contributed by atoms with E-state index in [4.69, 9.17) is 5.73 Å². The van der Waals surface area contributed by atoms with Crippen molar-refractivity contribution in [3.8, 4) is 0 Å². The van der Waals surface area contributed by atoms with Crippen molar-refractivity contribution in [1.82, 2.24) is 5.32 Å². The molecule has 1 aliphatic carbocycles. The van der Waals surface area contributed by atoms with Crippen molar-refractivity contribution in [3.63, 3.8) is 0 Å². The van der Waals surface area contributed by atoms with Crippen LogP contribution >= 0.6 is 0 Å². The van der Waals surface area contributed by atoms with E-state index in [9.17, 15) is 0 Å². The van der Waals surface area contributed by atoms with Crippen LogP contribution in [0.1, 0.15) is 54.9 Å². The van der Waals surface area contributed by atoms with Crippen LogP contribution < -0.4 is 11.1 Å². The zero-order valence-electron chi connectivity index (χ0n) is 12.9. The lowest BCUT2D eigenvalue weighted by molar-refractivity contribution is 0.286. The minimum Gasteiger partial charge on any atom is -0.330 e. The molecule has 0 aromatic carbocycles. The standard InChI is InChI=1S/C15H32N2/c1-13(2,3)8-11(9-16)10-17-12-14(4,5)15(12,6)7/h11-12,17H,8-10,16H2,1-7H3. The fraction of sp³-hybridized carbons (Fsp3) is 1.00. The summed E-state index contributed by atoms with van der Waals surface area (Å²) in [5, 5.41) is 3.73. The van der Waals surface area contributed by atoms with Gasteiger partial charge in [-0.25, -0.2) is 0 Å². The minimum atomic E-state index is 0.375. The Labute approximate surface area is 108 Å². The fourth-order valence-corrected chi connectivity index (χ4v) is 3.10. The third-order valence-electron chi connectivity index (χ3n) is 4.87. The third kappa shape index (κ3) is 3.23. The van der Waals surface area contributed by atoms with Crippen molar-refractivity contribution < 1.29 is 0 Å². The largest absolute Gasteiger partial charge is 0.330 e. The summed E-state index contributed by atoms with van der Waals surface area (Å²) < 4.78 is 0. The molecular weight excluding hydrogens is 208 g/mol. The van der Waals surface area contributed by atoms with E-state index in [0.717, 1.165) is 13.1 Å². The minimum absolute atomic E-state index is 0.375. The average molecular weight is 240 g/mol. The molecule has 0 saturated heterocycles. The molecule has 1 fully saturated rings. The highest BCUT2D eigenvalue weighted by Gasteiger charge is 2.64. The second kappa shape index (κ2) is 4.55. The Kier molecular flexibility index (Phi) is 4.01. The van der Waals surface area contributed by atoms with E-state index in [2.05, 4.69) is 53.8 Å². The first-order chi connectivity index (χ1) is 7.52. The first kappa shape index (κ1) is 15.0. The maximum atomic E-state index is 5.88. The molecule has 1 unspecified atom stereocenters. The van der Waals surface area contributed by atoms with E-state index in [1.165, 1.54) is 6.42 Å². The van der Waals surface area contributed by atoms with Crippen LogP contribution in [0.3, 0.4) is 0 Å². The predicted molar refractivity (Wildman–Crippen MR) is 76.0 cm³/mol. The number of nitrogens with two attached hydrogens (primary N) is 1. The first-order valence-electron chi connectivity index (χ1n) is 6.96. The maximum Gasteiger partial charge on any atom is 0.0181 e. The number of rotatable bonds is 5. The zero-order chi connectivity index (χ0) is 13.5. The van der Waals surface area contributed by atoms with Crippen LogP contribution in [-0.4, -0.2) is 19.1 Å². The van der Waals surface area contributed by atoms with Gasteiger partial charge in [0.1, 0.15) is 0 Å². The predicted octanol–water partition coefficient (Wildman–Crippen LogP) is 3.02. The van der Waals surface area contributed by atoms with Gasteiger partial charge in [-0.3, -0.25) is 0 Å². The van der Waals surface area contributed by atoms with Gasteiger partial charge in [-0.05, 0) is 41.7 Å². The Bertz CT molecular complexity index is 247. The van der Waals surface area contributed by atoms with Crippen molar-refractivity contribution in [2.75, 3.05) is 13.1 Å². The van der Waals surface area contributed by atoms with Gasteiger partial charge >= 0.3 is 0 Å². The Morgan fingerprint density at radius 2 is 1.59 bits per heavy atom. The molecule has 102 valence electrons. The van der Waals surface area contributed by atoms with Gasteiger partial charge in [0.05, 0.1) is 0 Å². The summed E-state index contributed by atoms with van der Waals surface area (Å²) >= 11 is 0. The molecule has 17 heavy (non-hydrogen) atoms. The summed E-state index contributed by atoms with van der Waals surface area (Å²) in [6.45, 7) is 18.1. The topological polar surface area (TPSA) is 38.0 Å². The van der Waals surface area contributed by atoms with E-state index < -0.39 is 0 Å². The van der Waals surface area contributed by atoms with Crippen molar-refractivity contribution in [2.24, 2.45) is 27.9 Å². The van der Waals surface area contributed by atoms with E-state index >= 15 is 0 Å². The monoisotopic (exact) mass is 240 g/mol. The Hall–Kier alpha value is -0.0800. The molecule has 0 aliphatic heterocycles. The molecule has 1 saturated carbocycles. The van der Waals surface area contributed by atoms with E-state index in [1.807, 2.05) is 0 Å². The molecule has 0 spiro atoms. The summed E-state index contributed by atoms with van der Waals surface area (Å²) in [6, 6.07) is 0.643. The first-order valence-corrected chi connectivity index (χ1v) is 6.96. The highest BCUT2D eigenvalue weighted by Crippen LogP contribution is 2.62. The summed E-state index contributed by atoms with van der Waals surface area (Å²) in [7, 11) is 0. The van der Waals surface area contributed by atoms with Gasteiger partial charge < -0.3 is 11.1 Å². The zero-order valence-corrected chi connectivity index (χ0v) is 12.9. The van der Waals surface area contributed by atoms with Gasteiger partial charge in [0, 0.05) is 6.04 Å². The van der Waals surface area contributed by atoms with Gasteiger partial charge in [-0.2, -0.15) is 0 Å².